The second-order valence-corrected chi connectivity index (χ2v) is 8.82. The molecule has 1 spiro atoms. The Morgan fingerprint density at radius 3 is 2.17 bits per heavy atom. The SMILES string of the molecule is CCCCC1(CCCC)N(C(=O)C(C)Br)C(=O)OC12CCCCC2. The number of hydrogen-bond donors (Lipinski definition) is 0. The van der Waals surface area contributed by atoms with Gasteiger partial charge in [0.25, 0.3) is 0 Å². The van der Waals surface area contributed by atoms with Crippen LogP contribution in [0.4, 0.5) is 4.79 Å². The first-order valence-electron chi connectivity index (χ1n) is 9.65. The van der Waals surface area contributed by atoms with E-state index in [9.17, 15) is 9.59 Å². The lowest BCUT2D eigenvalue weighted by Gasteiger charge is -2.48. The summed E-state index contributed by atoms with van der Waals surface area (Å²) in [4.78, 5) is 26.8. The quantitative estimate of drug-likeness (QED) is 0.523. The summed E-state index contributed by atoms with van der Waals surface area (Å²) >= 11 is 3.38. The second kappa shape index (κ2) is 8.20. The van der Waals surface area contributed by atoms with E-state index in [-0.39, 0.29) is 10.7 Å². The molecule has 1 atom stereocenters. The van der Waals surface area contributed by atoms with E-state index in [1.54, 1.807) is 6.92 Å². The number of hydrogen-bond acceptors (Lipinski definition) is 3. The third-order valence-corrected chi connectivity index (χ3v) is 6.24. The summed E-state index contributed by atoms with van der Waals surface area (Å²) in [6.45, 7) is 6.13. The molecule has 1 aliphatic heterocycles. The fourth-order valence-electron chi connectivity index (χ4n) is 4.60. The summed E-state index contributed by atoms with van der Waals surface area (Å²) in [5.41, 5.74) is -0.931. The summed E-state index contributed by atoms with van der Waals surface area (Å²) in [7, 11) is 0. The Hall–Kier alpha value is -0.580. The minimum atomic E-state index is -0.468. The van der Waals surface area contributed by atoms with E-state index in [2.05, 4.69) is 29.8 Å². The summed E-state index contributed by atoms with van der Waals surface area (Å²) in [6, 6.07) is 0. The highest BCUT2D eigenvalue weighted by atomic mass is 79.9. The van der Waals surface area contributed by atoms with E-state index in [4.69, 9.17) is 4.74 Å². The van der Waals surface area contributed by atoms with Crippen LogP contribution in [-0.2, 0) is 9.53 Å². The lowest BCUT2D eigenvalue weighted by atomic mass is 9.66. The monoisotopic (exact) mass is 401 g/mol. The third kappa shape index (κ3) is 3.38. The van der Waals surface area contributed by atoms with Crippen LogP contribution in [0.3, 0.4) is 0 Å². The summed E-state index contributed by atoms with van der Waals surface area (Å²) in [6.07, 6.45) is 10.6. The molecule has 24 heavy (non-hydrogen) atoms. The lowest BCUT2D eigenvalue weighted by Crippen LogP contribution is -2.61. The molecule has 2 amide bonds. The number of rotatable bonds is 7. The first-order valence-corrected chi connectivity index (χ1v) is 10.6. The van der Waals surface area contributed by atoms with Gasteiger partial charge in [0.15, 0.2) is 0 Å². The van der Waals surface area contributed by atoms with Crippen molar-refractivity contribution in [2.75, 3.05) is 0 Å². The zero-order valence-corrected chi connectivity index (χ0v) is 17.0. The molecule has 2 rings (SSSR count). The Balaban J connectivity index is 2.49. The molecule has 0 aromatic carbocycles. The largest absolute Gasteiger partial charge is 0.440 e. The van der Waals surface area contributed by atoms with E-state index >= 15 is 0 Å². The third-order valence-electron chi connectivity index (χ3n) is 5.85. The van der Waals surface area contributed by atoms with Crippen molar-refractivity contribution in [1.82, 2.24) is 4.90 Å². The molecule has 1 aliphatic carbocycles. The standard InChI is InChI=1S/C19H32BrNO3/c1-4-6-11-18(12-7-5-2)19(13-9-8-10-14-19)24-17(23)21(18)16(22)15(3)20/h15H,4-14H2,1-3H3. The number of carbonyl (C=O) groups is 2. The van der Waals surface area contributed by atoms with Crippen molar-refractivity contribution < 1.29 is 14.3 Å². The van der Waals surface area contributed by atoms with Crippen LogP contribution in [0.2, 0.25) is 0 Å². The Labute approximate surface area is 154 Å². The van der Waals surface area contributed by atoms with Gasteiger partial charge in [0.2, 0.25) is 5.91 Å². The van der Waals surface area contributed by atoms with Crippen molar-refractivity contribution in [2.24, 2.45) is 0 Å². The highest BCUT2D eigenvalue weighted by Crippen LogP contribution is 2.53. The Morgan fingerprint density at radius 2 is 1.71 bits per heavy atom. The van der Waals surface area contributed by atoms with Gasteiger partial charge in [-0.3, -0.25) is 4.79 Å². The first kappa shape index (κ1) is 19.7. The van der Waals surface area contributed by atoms with Crippen molar-refractivity contribution in [3.8, 4) is 0 Å². The number of carbonyl (C=O) groups excluding carboxylic acids is 2. The molecule has 5 heteroatoms. The van der Waals surface area contributed by atoms with Crippen LogP contribution < -0.4 is 0 Å². The molecule has 1 saturated carbocycles. The number of ether oxygens (including phenoxy) is 1. The lowest BCUT2D eigenvalue weighted by molar-refractivity contribution is -0.135. The molecule has 1 saturated heterocycles. The van der Waals surface area contributed by atoms with Gasteiger partial charge in [-0.25, -0.2) is 9.69 Å². The minimum Gasteiger partial charge on any atom is -0.440 e. The summed E-state index contributed by atoms with van der Waals surface area (Å²) < 4.78 is 6.03. The maximum absolute atomic E-state index is 12.9. The van der Waals surface area contributed by atoms with Crippen LogP contribution in [0.15, 0.2) is 0 Å². The Kier molecular flexibility index (Phi) is 6.74. The number of imide groups is 1. The molecule has 0 radical (unpaired) electrons. The topological polar surface area (TPSA) is 46.6 Å². The molecule has 0 aromatic heterocycles. The van der Waals surface area contributed by atoms with E-state index in [0.29, 0.717) is 0 Å². The van der Waals surface area contributed by atoms with Crippen LogP contribution in [0.25, 0.3) is 0 Å². The van der Waals surface area contributed by atoms with E-state index in [1.807, 2.05) is 0 Å². The number of nitrogens with zero attached hydrogens (tertiary/aromatic N) is 1. The molecule has 1 unspecified atom stereocenters. The molecule has 0 aromatic rings. The van der Waals surface area contributed by atoms with E-state index < -0.39 is 17.2 Å². The molecule has 4 nitrogen and oxygen atoms in total. The number of halogens is 1. The van der Waals surface area contributed by atoms with Crippen molar-refractivity contribution in [3.63, 3.8) is 0 Å². The van der Waals surface area contributed by atoms with E-state index in [0.717, 1.165) is 64.2 Å². The zero-order valence-electron chi connectivity index (χ0n) is 15.4. The van der Waals surface area contributed by atoms with Crippen LogP contribution in [0, 0.1) is 0 Å². The molecule has 138 valence electrons. The molecular formula is C19H32BrNO3. The van der Waals surface area contributed by atoms with Crippen molar-refractivity contribution in [2.45, 2.75) is 107 Å². The smallest absolute Gasteiger partial charge is 0.417 e. The summed E-state index contributed by atoms with van der Waals surface area (Å²) in [5, 5.41) is 0. The highest BCUT2D eigenvalue weighted by molar-refractivity contribution is 9.10. The fraction of sp³-hybridized carbons (Fsp3) is 0.895. The van der Waals surface area contributed by atoms with Crippen molar-refractivity contribution in [3.05, 3.63) is 0 Å². The van der Waals surface area contributed by atoms with Gasteiger partial charge in [0, 0.05) is 0 Å². The maximum Gasteiger partial charge on any atom is 0.417 e. The molecule has 1 heterocycles. The molecule has 0 N–H and O–H groups in total. The average molecular weight is 402 g/mol. The number of alkyl halides is 1. The predicted octanol–water partition coefficient (Wildman–Crippen LogP) is 5.57. The van der Waals surface area contributed by atoms with Crippen LogP contribution in [-0.4, -0.2) is 32.9 Å². The Bertz CT molecular complexity index is 450. The van der Waals surface area contributed by atoms with Gasteiger partial charge in [0.1, 0.15) is 5.60 Å². The molecule has 0 bridgehead atoms. The fourth-order valence-corrected chi connectivity index (χ4v) is 4.80. The molecule has 2 fully saturated rings. The molecule has 2 aliphatic rings. The normalized spacial score (nSPS) is 23.3. The highest BCUT2D eigenvalue weighted by Gasteiger charge is 2.65. The molecular weight excluding hydrogens is 370 g/mol. The van der Waals surface area contributed by atoms with Crippen LogP contribution in [0.1, 0.15) is 91.4 Å². The van der Waals surface area contributed by atoms with Gasteiger partial charge in [-0.1, -0.05) is 61.9 Å². The van der Waals surface area contributed by atoms with Crippen molar-refractivity contribution in [1.29, 1.82) is 0 Å². The van der Waals surface area contributed by atoms with Gasteiger partial charge >= 0.3 is 6.09 Å². The zero-order chi connectivity index (χ0) is 17.8. The predicted molar refractivity (Wildman–Crippen MR) is 99.3 cm³/mol. The maximum atomic E-state index is 12.9. The van der Waals surface area contributed by atoms with Gasteiger partial charge < -0.3 is 4.74 Å². The van der Waals surface area contributed by atoms with Crippen molar-refractivity contribution >= 4 is 27.9 Å². The first-order chi connectivity index (χ1) is 11.4. The minimum absolute atomic E-state index is 0.144. The van der Waals surface area contributed by atoms with Gasteiger partial charge in [-0.05, 0) is 45.4 Å². The van der Waals surface area contributed by atoms with E-state index in [1.165, 1.54) is 11.3 Å². The second-order valence-electron chi connectivity index (χ2n) is 7.45. The summed E-state index contributed by atoms with van der Waals surface area (Å²) in [5.74, 6) is -0.144. The average Bonchev–Trinajstić information content (AvgIpc) is 2.78. The van der Waals surface area contributed by atoms with Gasteiger partial charge in [-0.2, -0.15) is 0 Å². The Morgan fingerprint density at radius 1 is 1.17 bits per heavy atom. The van der Waals surface area contributed by atoms with Crippen LogP contribution >= 0.6 is 15.9 Å². The van der Waals surface area contributed by atoms with Crippen LogP contribution in [0.5, 0.6) is 0 Å². The van der Waals surface area contributed by atoms with Gasteiger partial charge in [-0.15, -0.1) is 0 Å². The number of unbranched alkanes of at least 4 members (excludes halogenated alkanes) is 2. The number of amides is 2. The van der Waals surface area contributed by atoms with Gasteiger partial charge in [0.05, 0.1) is 10.4 Å².